The first kappa shape index (κ1) is 15.6. The van der Waals surface area contributed by atoms with Crippen LogP contribution in [-0.4, -0.2) is 5.16 Å². The van der Waals surface area contributed by atoms with E-state index in [2.05, 4.69) is 10.5 Å². The Hall–Kier alpha value is -0.740. The molecule has 1 heterocycles. The lowest BCUT2D eigenvalue weighted by Crippen LogP contribution is -2.19. The molecule has 0 fully saturated rings. The molecule has 1 atom stereocenters. The van der Waals surface area contributed by atoms with Crippen LogP contribution < -0.4 is 5.32 Å². The molecule has 2 rings (SSSR count). The van der Waals surface area contributed by atoms with E-state index in [-0.39, 0.29) is 6.04 Å². The fourth-order valence-corrected chi connectivity index (χ4v) is 2.88. The number of hydrogen-bond acceptors (Lipinski definition) is 3. The van der Waals surface area contributed by atoms with Gasteiger partial charge in [0.1, 0.15) is 5.76 Å². The van der Waals surface area contributed by atoms with Gasteiger partial charge in [0, 0.05) is 28.7 Å². The van der Waals surface area contributed by atoms with Crippen LogP contribution >= 0.6 is 34.8 Å². The van der Waals surface area contributed by atoms with E-state index in [0.717, 1.165) is 22.6 Å². The van der Waals surface area contributed by atoms with Gasteiger partial charge in [0.05, 0.1) is 15.7 Å². The maximum absolute atomic E-state index is 6.18. The molecule has 2 aromatic rings. The van der Waals surface area contributed by atoms with Crippen LogP contribution in [0, 0.1) is 13.8 Å². The highest BCUT2D eigenvalue weighted by Crippen LogP contribution is 2.32. The molecular weight excluding hydrogens is 319 g/mol. The second kappa shape index (κ2) is 6.35. The second-order valence-corrected chi connectivity index (χ2v) is 5.85. The molecule has 108 valence electrons. The molecule has 0 saturated carbocycles. The first-order valence-electron chi connectivity index (χ1n) is 6.20. The van der Waals surface area contributed by atoms with E-state index >= 15 is 0 Å². The van der Waals surface area contributed by atoms with Gasteiger partial charge in [0.2, 0.25) is 0 Å². The molecule has 1 N–H and O–H groups in total. The summed E-state index contributed by atoms with van der Waals surface area (Å²) >= 11 is 18.3. The highest BCUT2D eigenvalue weighted by Gasteiger charge is 2.17. The molecule has 1 unspecified atom stereocenters. The van der Waals surface area contributed by atoms with Crippen LogP contribution in [0.5, 0.6) is 0 Å². The fraction of sp³-hybridized carbons (Fsp3) is 0.357. The average molecular weight is 334 g/mol. The van der Waals surface area contributed by atoms with E-state index in [9.17, 15) is 0 Å². The monoisotopic (exact) mass is 332 g/mol. The lowest BCUT2D eigenvalue weighted by Gasteiger charge is -2.15. The van der Waals surface area contributed by atoms with Crippen molar-refractivity contribution in [2.24, 2.45) is 0 Å². The van der Waals surface area contributed by atoms with Gasteiger partial charge in [-0.1, -0.05) is 40.0 Å². The molecule has 1 aromatic heterocycles. The van der Waals surface area contributed by atoms with Crippen molar-refractivity contribution in [2.75, 3.05) is 0 Å². The van der Waals surface area contributed by atoms with Crippen molar-refractivity contribution in [2.45, 2.75) is 33.4 Å². The SMILES string of the molecule is Cc1noc(C)c1C(C)NCc1c(Cl)ccc(Cl)c1Cl. The summed E-state index contributed by atoms with van der Waals surface area (Å²) in [7, 11) is 0. The summed E-state index contributed by atoms with van der Waals surface area (Å²) in [4.78, 5) is 0. The van der Waals surface area contributed by atoms with Crippen molar-refractivity contribution in [3.8, 4) is 0 Å². The Labute approximate surface area is 133 Å². The second-order valence-electron chi connectivity index (χ2n) is 4.66. The van der Waals surface area contributed by atoms with E-state index in [1.807, 2.05) is 20.8 Å². The molecule has 0 amide bonds. The molecule has 1 aromatic carbocycles. The Balaban J connectivity index is 2.15. The number of halogens is 3. The Morgan fingerprint density at radius 2 is 1.85 bits per heavy atom. The molecule has 0 spiro atoms. The largest absolute Gasteiger partial charge is 0.361 e. The van der Waals surface area contributed by atoms with Crippen molar-refractivity contribution in [3.05, 3.63) is 49.8 Å². The number of aryl methyl sites for hydroxylation is 2. The van der Waals surface area contributed by atoms with E-state index in [0.29, 0.717) is 21.6 Å². The molecule has 0 aliphatic rings. The summed E-state index contributed by atoms with van der Waals surface area (Å²) in [6.45, 7) is 6.37. The number of rotatable bonds is 4. The van der Waals surface area contributed by atoms with E-state index in [1.54, 1.807) is 12.1 Å². The van der Waals surface area contributed by atoms with Gasteiger partial charge < -0.3 is 9.84 Å². The van der Waals surface area contributed by atoms with E-state index in [4.69, 9.17) is 39.3 Å². The minimum absolute atomic E-state index is 0.0763. The van der Waals surface area contributed by atoms with Crippen LogP contribution in [0.2, 0.25) is 15.1 Å². The summed E-state index contributed by atoms with van der Waals surface area (Å²) in [6, 6.07) is 3.51. The van der Waals surface area contributed by atoms with Crippen molar-refractivity contribution in [3.63, 3.8) is 0 Å². The standard InChI is InChI=1S/C14H15Cl3N2O/c1-7(13-8(2)19-20-9(13)3)18-6-10-11(15)4-5-12(16)14(10)17/h4-5,7,18H,6H2,1-3H3. The maximum Gasteiger partial charge on any atom is 0.138 e. The van der Waals surface area contributed by atoms with Gasteiger partial charge in [-0.3, -0.25) is 0 Å². The van der Waals surface area contributed by atoms with Crippen LogP contribution in [0.15, 0.2) is 16.7 Å². The third-order valence-corrected chi connectivity index (χ3v) is 4.44. The van der Waals surface area contributed by atoms with Gasteiger partial charge in [-0.05, 0) is 32.9 Å². The quantitative estimate of drug-likeness (QED) is 0.791. The van der Waals surface area contributed by atoms with Gasteiger partial charge in [0.25, 0.3) is 0 Å². The summed E-state index contributed by atoms with van der Waals surface area (Å²) in [5.74, 6) is 0.811. The predicted molar refractivity (Wildman–Crippen MR) is 82.7 cm³/mol. The Bertz CT molecular complexity index is 606. The molecule has 20 heavy (non-hydrogen) atoms. The average Bonchev–Trinajstić information content (AvgIpc) is 2.73. The third-order valence-electron chi connectivity index (χ3n) is 3.25. The van der Waals surface area contributed by atoms with Gasteiger partial charge in [-0.15, -0.1) is 0 Å². The molecule has 0 saturated heterocycles. The zero-order valence-electron chi connectivity index (χ0n) is 11.4. The summed E-state index contributed by atoms with van der Waals surface area (Å²) in [5, 5.41) is 8.89. The van der Waals surface area contributed by atoms with Crippen molar-refractivity contribution in [1.29, 1.82) is 0 Å². The smallest absolute Gasteiger partial charge is 0.138 e. The Kier molecular flexibility index (Phi) is 4.97. The summed E-state index contributed by atoms with van der Waals surface area (Å²) < 4.78 is 5.17. The summed E-state index contributed by atoms with van der Waals surface area (Å²) in [5.41, 5.74) is 2.73. The molecule has 0 radical (unpaired) electrons. The van der Waals surface area contributed by atoms with Gasteiger partial charge in [-0.2, -0.15) is 0 Å². The zero-order chi connectivity index (χ0) is 14.9. The van der Waals surface area contributed by atoms with Crippen molar-refractivity contribution >= 4 is 34.8 Å². The normalized spacial score (nSPS) is 12.7. The van der Waals surface area contributed by atoms with Crippen LogP contribution in [-0.2, 0) is 6.54 Å². The molecule has 0 aliphatic heterocycles. The van der Waals surface area contributed by atoms with Crippen LogP contribution in [0.4, 0.5) is 0 Å². The molecule has 3 nitrogen and oxygen atoms in total. The number of aromatic nitrogens is 1. The van der Waals surface area contributed by atoms with Crippen molar-refractivity contribution in [1.82, 2.24) is 10.5 Å². The first-order chi connectivity index (χ1) is 9.41. The molecule has 0 bridgehead atoms. The number of hydrogen-bond donors (Lipinski definition) is 1. The lowest BCUT2D eigenvalue weighted by molar-refractivity contribution is 0.390. The number of nitrogens with one attached hydrogen (secondary N) is 1. The molecule has 0 aliphatic carbocycles. The third kappa shape index (κ3) is 3.12. The van der Waals surface area contributed by atoms with Gasteiger partial charge in [-0.25, -0.2) is 0 Å². The fourth-order valence-electron chi connectivity index (χ4n) is 2.20. The predicted octanol–water partition coefficient (Wildman–Crippen LogP) is 5.10. The first-order valence-corrected chi connectivity index (χ1v) is 7.33. The maximum atomic E-state index is 6.18. The minimum atomic E-state index is 0.0763. The van der Waals surface area contributed by atoms with Crippen LogP contribution in [0.3, 0.4) is 0 Å². The summed E-state index contributed by atoms with van der Waals surface area (Å²) in [6.07, 6.45) is 0. The Morgan fingerprint density at radius 1 is 1.20 bits per heavy atom. The van der Waals surface area contributed by atoms with Gasteiger partial charge in [0.15, 0.2) is 0 Å². The van der Waals surface area contributed by atoms with Crippen molar-refractivity contribution < 1.29 is 4.52 Å². The van der Waals surface area contributed by atoms with E-state index in [1.165, 1.54) is 0 Å². The minimum Gasteiger partial charge on any atom is -0.361 e. The molecule has 6 heteroatoms. The topological polar surface area (TPSA) is 38.1 Å². The number of nitrogens with zero attached hydrogens (tertiary/aromatic N) is 1. The highest BCUT2D eigenvalue weighted by molar-refractivity contribution is 6.44. The number of benzene rings is 1. The molecular formula is C14H15Cl3N2O. The Morgan fingerprint density at radius 3 is 2.45 bits per heavy atom. The zero-order valence-corrected chi connectivity index (χ0v) is 13.7. The van der Waals surface area contributed by atoms with E-state index < -0.39 is 0 Å². The highest BCUT2D eigenvalue weighted by atomic mass is 35.5. The van der Waals surface area contributed by atoms with Crippen LogP contribution in [0.25, 0.3) is 0 Å². The van der Waals surface area contributed by atoms with Crippen LogP contribution in [0.1, 0.15) is 35.5 Å². The lowest BCUT2D eigenvalue weighted by atomic mass is 10.1. The van der Waals surface area contributed by atoms with Gasteiger partial charge >= 0.3 is 0 Å².